The van der Waals surface area contributed by atoms with E-state index < -0.39 is 47.4 Å². The minimum Gasteiger partial charge on any atom is -0.508 e. The van der Waals surface area contributed by atoms with E-state index in [-0.39, 0.29) is 42.6 Å². The second-order valence-corrected chi connectivity index (χ2v) is 23.0. The molecule has 3 N–H and O–H groups in total. The van der Waals surface area contributed by atoms with E-state index in [1.807, 2.05) is 49.5 Å². The molecule has 6 heterocycles. The summed E-state index contributed by atoms with van der Waals surface area (Å²) in [5, 5.41) is 17.2. The second kappa shape index (κ2) is 22.9. The number of aromatic nitrogens is 2. The fourth-order valence-electron chi connectivity index (χ4n) is 12.8. The number of ether oxygens (including phenoxy) is 3. The molecular weight excluding hydrogens is 973 g/mol. The van der Waals surface area contributed by atoms with Crippen LogP contribution in [0.5, 0.6) is 5.75 Å². The van der Waals surface area contributed by atoms with Crippen molar-refractivity contribution >= 4 is 40.3 Å². The van der Waals surface area contributed by atoms with Crippen LogP contribution < -0.4 is 15.6 Å². The van der Waals surface area contributed by atoms with E-state index in [0.29, 0.717) is 50.9 Å². The molecule has 0 radical (unpaired) electrons. The fraction of sp³-hybridized carbons (Fsp3) is 0.525. The number of carbonyl (C=O) groups is 4. The minimum atomic E-state index is -1.14. The van der Waals surface area contributed by atoms with Gasteiger partial charge in [-0.25, -0.2) is 5.43 Å². The Kier molecular flexibility index (Phi) is 16.1. The van der Waals surface area contributed by atoms with Gasteiger partial charge in [-0.2, -0.15) is 0 Å². The summed E-state index contributed by atoms with van der Waals surface area (Å²) in [6.07, 6.45) is 6.51. The third-order valence-electron chi connectivity index (χ3n) is 17.1. The molecule has 0 spiro atoms. The van der Waals surface area contributed by atoms with Gasteiger partial charge in [0, 0.05) is 94.3 Å². The van der Waals surface area contributed by atoms with Crippen LogP contribution in [-0.4, -0.2) is 145 Å². The number of benzene rings is 3. The summed E-state index contributed by atoms with van der Waals surface area (Å²) in [4.78, 5) is 70.5. The average molecular weight is 1050 g/mol. The molecule has 4 fully saturated rings. The SMILES string of the molecule is CCn1c(-c2cc(N3CCN(C)CC3)cnc2[C@H](C)OC)c2c3cc(ccc31)-c1cc(O)cc(c1)C[C@H](NC(=O)[C@H](C1CCCC1)N(C)C(=O)[C@H]1OCC[C@H]1c1ccccc1)C(=O)N1CCC[C@H](N1)C(=O)OCC(C)(C)C2. The van der Waals surface area contributed by atoms with Crippen LogP contribution in [0, 0.1) is 11.3 Å². The second-order valence-electron chi connectivity index (χ2n) is 23.0. The van der Waals surface area contributed by atoms with Crippen molar-refractivity contribution in [2.24, 2.45) is 11.3 Å². The number of carbonyl (C=O) groups excluding carboxylic acids is 4. The largest absolute Gasteiger partial charge is 0.508 e. The van der Waals surface area contributed by atoms with E-state index in [2.05, 4.69) is 77.2 Å². The number of aryl methyl sites for hydroxylation is 1. The van der Waals surface area contributed by atoms with E-state index in [1.54, 1.807) is 31.2 Å². The van der Waals surface area contributed by atoms with Crippen molar-refractivity contribution < 1.29 is 38.5 Å². The molecule has 4 aliphatic heterocycles. The monoisotopic (exact) mass is 1050 g/mol. The number of phenolic OH excluding ortho intramolecular Hbond substituents is 1. The molecule has 6 bridgehead atoms. The summed E-state index contributed by atoms with van der Waals surface area (Å²) >= 11 is 0. The number of hydrogen-bond acceptors (Lipinski definition) is 12. The Labute approximate surface area is 453 Å². The number of nitrogens with zero attached hydrogens (tertiary/aromatic N) is 6. The number of anilines is 1. The number of pyridine rings is 1. The zero-order valence-electron chi connectivity index (χ0n) is 46.1. The van der Waals surface area contributed by atoms with Gasteiger partial charge in [0.15, 0.2) is 0 Å². The summed E-state index contributed by atoms with van der Waals surface area (Å²) in [7, 11) is 5.55. The lowest BCUT2D eigenvalue weighted by molar-refractivity contribution is -0.155. The molecule has 5 aromatic rings. The number of hydrogen-bond donors (Lipinski definition) is 3. The molecular formula is C61H78N8O8. The lowest BCUT2D eigenvalue weighted by Crippen LogP contribution is -2.62. The maximum Gasteiger partial charge on any atom is 0.324 e. The van der Waals surface area contributed by atoms with Crippen LogP contribution in [-0.2, 0) is 52.8 Å². The number of phenols is 1. The summed E-state index contributed by atoms with van der Waals surface area (Å²) in [6, 6.07) is 21.1. The number of aromatic hydroxyl groups is 1. The molecule has 5 aliphatic rings. The van der Waals surface area contributed by atoms with Crippen molar-refractivity contribution in [1.29, 1.82) is 0 Å². The maximum absolute atomic E-state index is 15.1. The van der Waals surface area contributed by atoms with Crippen LogP contribution in [0.1, 0.15) is 107 Å². The van der Waals surface area contributed by atoms with Crippen LogP contribution in [0.3, 0.4) is 0 Å². The van der Waals surface area contributed by atoms with Crippen molar-refractivity contribution in [2.75, 3.05) is 72.0 Å². The van der Waals surface area contributed by atoms with Gasteiger partial charge in [-0.15, -0.1) is 0 Å². The Morgan fingerprint density at radius 2 is 1.71 bits per heavy atom. The van der Waals surface area contributed by atoms with Crippen molar-refractivity contribution in [3.63, 3.8) is 0 Å². The zero-order chi connectivity index (χ0) is 54.1. The Bertz CT molecular complexity index is 2960. The van der Waals surface area contributed by atoms with Gasteiger partial charge in [0.25, 0.3) is 11.8 Å². The number of nitrogens with one attached hydrogen (secondary N) is 2. The highest BCUT2D eigenvalue weighted by atomic mass is 16.5. The number of amides is 3. The van der Waals surface area contributed by atoms with Crippen LogP contribution in [0.25, 0.3) is 33.3 Å². The normalized spacial score (nSPS) is 23.4. The predicted molar refractivity (Wildman–Crippen MR) is 297 cm³/mol. The number of likely N-dealkylation sites (N-methyl/N-ethyl adjacent to an activating group) is 2. The van der Waals surface area contributed by atoms with E-state index in [9.17, 15) is 14.7 Å². The molecule has 3 aromatic carbocycles. The highest BCUT2D eigenvalue weighted by Gasteiger charge is 2.44. The average Bonchev–Trinajstić information content (AvgIpc) is 4.22. The van der Waals surface area contributed by atoms with Crippen LogP contribution in [0.2, 0.25) is 0 Å². The molecule has 3 saturated heterocycles. The number of cyclic esters (lactones) is 1. The molecule has 2 aromatic heterocycles. The topological polar surface area (TPSA) is 171 Å². The van der Waals surface area contributed by atoms with Gasteiger partial charge in [-0.3, -0.25) is 29.2 Å². The van der Waals surface area contributed by atoms with Crippen LogP contribution >= 0.6 is 0 Å². The number of hydrazine groups is 1. The van der Waals surface area contributed by atoms with Gasteiger partial charge in [-0.05, 0) is 123 Å². The van der Waals surface area contributed by atoms with Crippen molar-refractivity contribution in [3.05, 3.63) is 101 Å². The van der Waals surface area contributed by atoms with Gasteiger partial charge >= 0.3 is 5.97 Å². The molecule has 0 unspecified atom stereocenters. The number of fused-ring (bicyclic) bond motifs is 6. The van der Waals surface area contributed by atoms with Crippen molar-refractivity contribution in [2.45, 2.75) is 128 Å². The third-order valence-corrected chi connectivity index (χ3v) is 17.1. The Morgan fingerprint density at radius 3 is 2.45 bits per heavy atom. The number of rotatable bonds is 11. The highest BCUT2D eigenvalue weighted by Crippen LogP contribution is 2.44. The minimum absolute atomic E-state index is 0.0142. The molecule has 16 heteroatoms. The lowest BCUT2D eigenvalue weighted by atomic mass is 9.84. The third kappa shape index (κ3) is 11.3. The molecule has 1 aliphatic carbocycles. The van der Waals surface area contributed by atoms with Gasteiger partial charge < -0.3 is 43.9 Å². The zero-order valence-corrected chi connectivity index (χ0v) is 46.1. The van der Waals surface area contributed by atoms with Gasteiger partial charge in [0.1, 0.15) is 30.0 Å². The van der Waals surface area contributed by atoms with Crippen LogP contribution in [0.4, 0.5) is 5.69 Å². The highest BCUT2D eigenvalue weighted by molar-refractivity contribution is 5.96. The first kappa shape index (κ1) is 54.0. The predicted octanol–water partition coefficient (Wildman–Crippen LogP) is 7.79. The first-order chi connectivity index (χ1) is 37.1. The first-order valence-corrected chi connectivity index (χ1v) is 28.0. The smallest absolute Gasteiger partial charge is 0.324 e. The molecule has 3 amide bonds. The van der Waals surface area contributed by atoms with Crippen molar-refractivity contribution in [1.82, 2.24) is 35.1 Å². The van der Waals surface area contributed by atoms with Gasteiger partial charge in [-0.1, -0.05) is 69.2 Å². The van der Waals surface area contributed by atoms with Crippen molar-refractivity contribution in [3.8, 4) is 28.1 Å². The standard InChI is InChI=1S/C61H78N8O8/c1-8-68-52-21-20-42-33-47(52)49(55(68)48-34-44(36-62-53(48)38(2)75-7)67-26-24-65(5)25-27-67)35-61(3,4)37-77-60(74)50-19-14-23-69(64-50)58(72)51(31-39-29-43(42)32-45(70)30-39)63-57(71)54(41-17-12-13-18-41)66(6)59(73)56-46(22-28-76-56)40-15-10-9-11-16-40/h9-11,15-16,20-21,29-30,32-34,36,38,41,46,50-51,54,56,64,70H,8,12-14,17-19,22-28,31,35,37H2,1-7H3,(H,63,71)/t38-,46-,50-,51-,54-,56-/m0/s1. The number of methoxy groups -OCH3 is 1. The van der Waals surface area contributed by atoms with E-state index >= 15 is 9.59 Å². The van der Waals surface area contributed by atoms with E-state index in [1.165, 1.54) is 5.01 Å². The quantitative estimate of drug-likeness (QED) is 0.110. The van der Waals surface area contributed by atoms with E-state index in [0.717, 1.165) is 108 Å². The van der Waals surface area contributed by atoms with E-state index in [4.69, 9.17) is 19.2 Å². The Balaban J connectivity index is 1.05. The molecule has 16 nitrogen and oxygen atoms in total. The molecule has 410 valence electrons. The molecule has 1 saturated carbocycles. The molecule has 10 rings (SSSR count). The lowest BCUT2D eigenvalue weighted by Gasteiger charge is -2.37. The van der Waals surface area contributed by atoms with Crippen LogP contribution in [0.15, 0.2) is 79.0 Å². The number of piperazine rings is 1. The number of esters is 1. The van der Waals surface area contributed by atoms with Gasteiger partial charge in [0.05, 0.1) is 36.0 Å². The summed E-state index contributed by atoms with van der Waals surface area (Å²) < 4.78 is 20.8. The Hall–Kier alpha value is -6.33. The molecule has 77 heavy (non-hydrogen) atoms. The Morgan fingerprint density at radius 1 is 0.948 bits per heavy atom. The molecule has 6 atom stereocenters. The summed E-state index contributed by atoms with van der Waals surface area (Å²) in [6.45, 7) is 13.6. The van der Waals surface area contributed by atoms with Gasteiger partial charge in [0.2, 0.25) is 5.91 Å². The fourth-order valence-corrected chi connectivity index (χ4v) is 12.8. The maximum atomic E-state index is 15.1. The summed E-state index contributed by atoms with van der Waals surface area (Å²) in [5.74, 6) is -1.86. The first-order valence-electron chi connectivity index (χ1n) is 28.0. The summed E-state index contributed by atoms with van der Waals surface area (Å²) in [5.41, 5.74) is 11.9.